The fourth-order valence-corrected chi connectivity index (χ4v) is 1.55. The van der Waals surface area contributed by atoms with Crippen molar-refractivity contribution in [3.63, 3.8) is 0 Å². The van der Waals surface area contributed by atoms with E-state index in [2.05, 4.69) is 11.2 Å². The third-order valence-electron chi connectivity index (χ3n) is 2.34. The molecule has 0 aliphatic heterocycles. The van der Waals surface area contributed by atoms with Crippen LogP contribution in [-0.2, 0) is 6.42 Å². The van der Waals surface area contributed by atoms with Crippen LogP contribution in [0.5, 0.6) is 0 Å². The molecule has 0 radical (unpaired) electrons. The Balaban J connectivity index is 2.32. The first-order chi connectivity index (χ1) is 6.81. The number of aromatic nitrogens is 1. The lowest BCUT2D eigenvalue weighted by atomic mass is 10.1. The van der Waals surface area contributed by atoms with Crippen molar-refractivity contribution in [2.24, 2.45) is 0 Å². The minimum Gasteiger partial charge on any atom is -0.396 e. The van der Waals surface area contributed by atoms with Crippen molar-refractivity contribution in [3.05, 3.63) is 29.5 Å². The van der Waals surface area contributed by atoms with Crippen molar-refractivity contribution in [1.82, 2.24) is 5.16 Å². The van der Waals surface area contributed by atoms with E-state index in [1.54, 1.807) is 0 Å². The third kappa shape index (κ3) is 1.63. The maximum atomic E-state index is 8.71. The summed E-state index contributed by atoms with van der Waals surface area (Å²) >= 11 is 0. The van der Waals surface area contributed by atoms with Crippen LogP contribution >= 0.6 is 0 Å². The zero-order chi connectivity index (χ0) is 9.97. The molecular formula is C11H13NO2. The van der Waals surface area contributed by atoms with Gasteiger partial charge in [0.1, 0.15) is 0 Å². The first-order valence-corrected chi connectivity index (χ1v) is 4.77. The number of nitrogens with zero attached hydrogens (tertiary/aromatic N) is 1. The Hall–Kier alpha value is -1.35. The summed E-state index contributed by atoms with van der Waals surface area (Å²) < 4.78 is 5.16. The van der Waals surface area contributed by atoms with Crippen molar-refractivity contribution in [3.8, 4) is 0 Å². The van der Waals surface area contributed by atoms with Gasteiger partial charge in [-0.1, -0.05) is 11.2 Å². The van der Waals surface area contributed by atoms with E-state index < -0.39 is 0 Å². The number of benzene rings is 1. The van der Waals surface area contributed by atoms with Crippen LogP contribution in [0.1, 0.15) is 17.7 Å². The lowest BCUT2D eigenvalue weighted by Crippen LogP contribution is -1.88. The first-order valence-electron chi connectivity index (χ1n) is 4.77. The normalized spacial score (nSPS) is 11.0. The second-order valence-corrected chi connectivity index (χ2v) is 3.43. The highest BCUT2D eigenvalue weighted by molar-refractivity contribution is 5.79. The van der Waals surface area contributed by atoms with Gasteiger partial charge in [0.15, 0.2) is 5.58 Å². The van der Waals surface area contributed by atoms with Gasteiger partial charge in [0.25, 0.3) is 0 Å². The fourth-order valence-electron chi connectivity index (χ4n) is 1.55. The second-order valence-electron chi connectivity index (χ2n) is 3.43. The average molecular weight is 191 g/mol. The second kappa shape index (κ2) is 3.80. The molecule has 0 fully saturated rings. The van der Waals surface area contributed by atoms with E-state index >= 15 is 0 Å². The van der Waals surface area contributed by atoms with E-state index in [0.29, 0.717) is 0 Å². The molecule has 1 heterocycles. The maximum absolute atomic E-state index is 8.71. The minimum atomic E-state index is 0.230. The van der Waals surface area contributed by atoms with Crippen molar-refractivity contribution in [2.75, 3.05) is 6.61 Å². The van der Waals surface area contributed by atoms with Crippen molar-refractivity contribution in [2.45, 2.75) is 19.8 Å². The number of hydrogen-bond donors (Lipinski definition) is 1. The Bertz CT molecular complexity index is 434. The van der Waals surface area contributed by atoms with Crippen molar-refractivity contribution < 1.29 is 9.63 Å². The van der Waals surface area contributed by atoms with Crippen LogP contribution in [0.25, 0.3) is 11.0 Å². The van der Waals surface area contributed by atoms with Gasteiger partial charge in [-0.25, -0.2) is 0 Å². The van der Waals surface area contributed by atoms with Gasteiger partial charge in [0, 0.05) is 12.0 Å². The van der Waals surface area contributed by atoms with E-state index in [0.717, 1.165) is 29.5 Å². The molecule has 0 aliphatic rings. The largest absolute Gasteiger partial charge is 0.396 e. The van der Waals surface area contributed by atoms with Gasteiger partial charge < -0.3 is 9.63 Å². The molecule has 0 saturated heterocycles. The van der Waals surface area contributed by atoms with Gasteiger partial charge in [-0.15, -0.1) is 0 Å². The Kier molecular flexibility index (Phi) is 2.50. The molecule has 14 heavy (non-hydrogen) atoms. The summed E-state index contributed by atoms with van der Waals surface area (Å²) in [7, 11) is 0. The van der Waals surface area contributed by atoms with E-state index in [1.165, 1.54) is 5.56 Å². The lowest BCUT2D eigenvalue weighted by Gasteiger charge is -1.98. The molecule has 2 aromatic rings. The standard InChI is InChI=1S/C11H13NO2/c1-8-10-5-4-9(3-2-6-13)7-11(10)14-12-8/h4-5,7,13H,2-3,6H2,1H3. The zero-order valence-electron chi connectivity index (χ0n) is 8.16. The summed E-state index contributed by atoms with van der Waals surface area (Å²) in [6.45, 7) is 2.16. The van der Waals surface area contributed by atoms with Crippen LogP contribution < -0.4 is 0 Å². The van der Waals surface area contributed by atoms with Gasteiger partial charge in [-0.2, -0.15) is 0 Å². The molecule has 0 aliphatic carbocycles. The van der Waals surface area contributed by atoms with E-state index in [-0.39, 0.29) is 6.61 Å². The summed E-state index contributed by atoms with van der Waals surface area (Å²) in [4.78, 5) is 0. The smallest absolute Gasteiger partial charge is 0.167 e. The summed E-state index contributed by atoms with van der Waals surface area (Å²) in [5.41, 5.74) is 2.94. The molecule has 3 heteroatoms. The molecule has 3 nitrogen and oxygen atoms in total. The average Bonchev–Trinajstić information content (AvgIpc) is 2.57. The van der Waals surface area contributed by atoms with Gasteiger partial charge in [0.2, 0.25) is 0 Å². The SMILES string of the molecule is Cc1noc2cc(CCCO)ccc12. The van der Waals surface area contributed by atoms with Crippen LogP contribution in [0.4, 0.5) is 0 Å². The molecule has 0 spiro atoms. The third-order valence-corrected chi connectivity index (χ3v) is 2.34. The number of hydrogen-bond acceptors (Lipinski definition) is 3. The monoisotopic (exact) mass is 191 g/mol. The van der Waals surface area contributed by atoms with Crippen LogP contribution in [-0.4, -0.2) is 16.9 Å². The van der Waals surface area contributed by atoms with Crippen LogP contribution in [0.2, 0.25) is 0 Å². The van der Waals surface area contributed by atoms with Gasteiger partial charge in [-0.05, 0) is 37.5 Å². The fraction of sp³-hybridized carbons (Fsp3) is 0.364. The summed E-state index contributed by atoms with van der Waals surface area (Å²) in [6.07, 6.45) is 1.67. The molecule has 0 unspecified atom stereocenters. The molecule has 0 atom stereocenters. The summed E-state index contributed by atoms with van der Waals surface area (Å²) in [5, 5.41) is 13.7. The Morgan fingerprint density at radius 1 is 1.43 bits per heavy atom. The van der Waals surface area contributed by atoms with Crippen molar-refractivity contribution >= 4 is 11.0 Å². The highest BCUT2D eigenvalue weighted by Crippen LogP contribution is 2.19. The number of aryl methyl sites for hydroxylation is 2. The zero-order valence-corrected chi connectivity index (χ0v) is 8.16. The highest BCUT2D eigenvalue weighted by Gasteiger charge is 2.04. The molecule has 0 saturated carbocycles. The van der Waals surface area contributed by atoms with E-state index in [9.17, 15) is 0 Å². The molecule has 74 valence electrons. The quantitative estimate of drug-likeness (QED) is 0.807. The predicted molar refractivity (Wildman–Crippen MR) is 54.2 cm³/mol. The Morgan fingerprint density at radius 3 is 3.07 bits per heavy atom. The molecule has 0 bridgehead atoms. The van der Waals surface area contributed by atoms with Crippen molar-refractivity contribution in [1.29, 1.82) is 0 Å². The first kappa shape index (κ1) is 9.21. The highest BCUT2D eigenvalue weighted by atomic mass is 16.5. The molecule has 1 aromatic carbocycles. The Morgan fingerprint density at radius 2 is 2.29 bits per heavy atom. The van der Waals surface area contributed by atoms with E-state index in [1.807, 2.05) is 19.1 Å². The number of aliphatic hydroxyl groups is 1. The van der Waals surface area contributed by atoms with Gasteiger partial charge in [-0.3, -0.25) is 0 Å². The van der Waals surface area contributed by atoms with E-state index in [4.69, 9.17) is 9.63 Å². The van der Waals surface area contributed by atoms with Crippen LogP contribution in [0, 0.1) is 6.92 Å². The topological polar surface area (TPSA) is 46.3 Å². The Labute approximate surface area is 82.3 Å². The lowest BCUT2D eigenvalue weighted by molar-refractivity contribution is 0.288. The predicted octanol–water partition coefficient (Wildman–Crippen LogP) is 2.06. The van der Waals surface area contributed by atoms with Crippen LogP contribution in [0.15, 0.2) is 22.7 Å². The minimum absolute atomic E-state index is 0.230. The molecule has 2 rings (SSSR count). The number of rotatable bonds is 3. The van der Waals surface area contributed by atoms with Gasteiger partial charge in [0.05, 0.1) is 5.69 Å². The maximum Gasteiger partial charge on any atom is 0.167 e. The molecule has 1 N–H and O–H groups in total. The number of fused-ring (bicyclic) bond motifs is 1. The molecule has 0 amide bonds. The van der Waals surface area contributed by atoms with Crippen LogP contribution in [0.3, 0.4) is 0 Å². The number of aliphatic hydroxyl groups excluding tert-OH is 1. The molecular weight excluding hydrogens is 178 g/mol. The summed E-state index contributed by atoms with van der Waals surface area (Å²) in [6, 6.07) is 6.07. The molecule has 1 aromatic heterocycles. The summed E-state index contributed by atoms with van der Waals surface area (Å²) in [5.74, 6) is 0. The van der Waals surface area contributed by atoms with Gasteiger partial charge >= 0.3 is 0 Å².